The van der Waals surface area contributed by atoms with Crippen LogP contribution >= 0.6 is 34.8 Å². The van der Waals surface area contributed by atoms with Crippen LogP contribution in [0.4, 0.5) is 4.39 Å². The SMILES string of the molecule is NC(Cc1ccc(F)cc1Cl)c1ccc(Cl)cc1Cl. The van der Waals surface area contributed by atoms with Crippen molar-refractivity contribution in [3.8, 4) is 0 Å². The highest BCUT2D eigenvalue weighted by atomic mass is 35.5. The predicted octanol–water partition coefficient (Wildman–Crippen LogP) is 5.03. The quantitative estimate of drug-likeness (QED) is 0.844. The minimum Gasteiger partial charge on any atom is -0.324 e. The Morgan fingerprint density at radius 3 is 2.37 bits per heavy atom. The Bertz CT molecular complexity index is 601. The smallest absolute Gasteiger partial charge is 0.124 e. The Labute approximate surface area is 126 Å². The number of hydrogen-bond acceptors (Lipinski definition) is 1. The van der Waals surface area contributed by atoms with Gasteiger partial charge in [-0.25, -0.2) is 4.39 Å². The van der Waals surface area contributed by atoms with Crippen molar-refractivity contribution in [3.63, 3.8) is 0 Å². The molecular formula is C14H11Cl3FN. The van der Waals surface area contributed by atoms with Gasteiger partial charge in [0.1, 0.15) is 5.82 Å². The standard InChI is InChI=1S/C14H11Cl3FN/c15-9-2-4-11(13(17)6-9)14(19)5-8-1-3-10(18)7-12(8)16/h1-4,6-7,14H,5,19H2. The maximum absolute atomic E-state index is 13.0. The number of hydrogen-bond donors (Lipinski definition) is 1. The van der Waals surface area contributed by atoms with Gasteiger partial charge in [-0.05, 0) is 41.8 Å². The van der Waals surface area contributed by atoms with E-state index in [0.717, 1.165) is 11.1 Å². The molecule has 0 aliphatic heterocycles. The molecule has 0 radical (unpaired) electrons. The summed E-state index contributed by atoms with van der Waals surface area (Å²) in [5.74, 6) is -0.369. The topological polar surface area (TPSA) is 26.0 Å². The second-order valence-corrected chi connectivity index (χ2v) is 5.46. The molecule has 1 nitrogen and oxygen atoms in total. The first-order chi connectivity index (χ1) is 8.97. The molecule has 0 saturated carbocycles. The number of nitrogens with two attached hydrogens (primary N) is 1. The van der Waals surface area contributed by atoms with Gasteiger partial charge in [-0.1, -0.05) is 46.9 Å². The molecule has 0 aliphatic rings. The van der Waals surface area contributed by atoms with Crippen molar-refractivity contribution in [1.82, 2.24) is 0 Å². The van der Waals surface area contributed by atoms with E-state index >= 15 is 0 Å². The second-order valence-electron chi connectivity index (χ2n) is 4.21. The van der Waals surface area contributed by atoms with E-state index in [0.29, 0.717) is 21.5 Å². The van der Waals surface area contributed by atoms with Crippen molar-refractivity contribution >= 4 is 34.8 Å². The van der Waals surface area contributed by atoms with Gasteiger partial charge >= 0.3 is 0 Å². The molecule has 2 rings (SSSR count). The van der Waals surface area contributed by atoms with Crippen LogP contribution in [0.25, 0.3) is 0 Å². The fourth-order valence-electron chi connectivity index (χ4n) is 1.84. The molecule has 0 spiro atoms. The third-order valence-electron chi connectivity index (χ3n) is 2.82. The van der Waals surface area contributed by atoms with Crippen LogP contribution in [0.1, 0.15) is 17.2 Å². The Morgan fingerprint density at radius 1 is 1.00 bits per heavy atom. The summed E-state index contributed by atoms with van der Waals surface area (Å²) in [7, 11) is 0. The third kappa shape index (κ3) is 3.61. The fourth-order valence-corrected chi connectivity index (χ4v) is 2.63. The molecule has 0 saturated heterocycles. The van der Waals surface area contributed by atoms with Crippen molar-refractivity contribution < 1.29 is 4.39 Å². The highest BCUT2D eigenvalue weighted by Gasteiger charge is 2.13. The average Bonchev–Trinajstić information content (AvgIpc) is 2.32. The van der Waals surface area contributed by atoms with Crippen LogP contribution in [-0.4, -0.2) is 0 Å². The largest absolute Gasteiger partial charge is 0.324 e. The van der Waals surface area contributed by atoms with Crippen molar-refractivity contribution in [2.45, 2.75) is 12.5 Å². The van der Waals surface area contributed by atoms with Gasteiger partial charge < -0.3 is 5.73 Å². The molecule has 0 heterocycles. The number of rotatable bonds is 3. The van der Waals surface area contributed by atoms with Crippen LogP contribution in [0, 0.1) is 5.82 Å². The Balaban J connectivity index is 2.23. The zero-order chi connectivity index (χ0) is 14.0. The summed E-state index contributed by atoms with van der Waals surface area (Å²) >= 11 is 17.9. The van der Waals surface area contributed by atoms with E-state index in [9.17, 15) is 4.39 Å². The number of halogens is 4. The van der Waals surface area contributed by atoms with Crippen LogP contribution in [-0.2, 0) is 6.42 Å². The van der Waals surface area contributed by atoms with Crippen LogP contribution in [0.3, 0.4) is 0 Å². The molecule has 1 atom stereocenters. The van der Waals surface area contributed by atoms with Gasteiger partial charge in [0.2, 0.25) is 0 Å². The molecule has 0 fully saturated rings. The summed E-state index contributed by atoms with van der Waals surface area (Å²) in [6.45, 7) is 0. The summed E-state index contributed by atoms with van der Waals surface area (Å²) < 4.78 is 13.0. The lowest BCUT2D eigenvalue weighted by Crippen LogP contribution is -2.14. The molecule has 2 aromatic carbocycles. The summed E-state index contributed by atoms with van der Waals surface area (Å²) in [5, 5.41) is 1.43. The van der Waals surface area contributed by atoms with Gasteiger partial charge in [-0.15, -0.1) is 0 Å². The van der Waals surface area contributed by atoms with E-state index in [1.807, 2.05) is 0 Å². The van der Waals surface area contributed by atoms with Crippen LogP contribution in [0.2, 0.25) is 15.1 Å². The molecule has 2 aromatic rings. The van der Waals surface area contributed by atoms with E-state index in [2.05, 4.69) is 0 Å². The lowest BCUT2D eigenvalue weighted by Gasteiger charge is -2.15. The highest BCUT2D eigenvalue weighted by molar-refractivity contribution is 6.35. The first kappa shape index (κ1) is 14.6. The second kappa shape index (κ2) is 6.10. The van der Waals surface area contributed by atoms with Gasteiger partial charge in [0.15, 0.2) is 0 Å². The molecule has 0 aliphatic carbocycles. The fraction of sp³-hybridized carbons (Fsp3) is 0.143. The molecule has 0 amide bonds. The summed E-state index contributed by atoms with van der Waals surface area (Å²) in [4.78, 5) is 0. The van der Waals surface area contributed by atoms with Gasteiger partial charge in [0.05, 0.1) is 0 Å². The zero-order valence-corrected chi connectivity index (χ0v) is 12.1. The van der Waals surface area contributed by atoms with Gasteiger partial charge in [0.25, 0.3) is 0 Å². The molecule has 100 valence electrons. The van der Waals surface area contributed by atoms with Crippen LogP contribution < -0.4 is 5.73 Å². The lowest BCUT2D eigenvalue weighted by molar-refractivity contribution is 0.625. The maximum Gasteiger partial charge on any atom is 0.124 e. The van der Waals surface area contributed by atoms with Crippen molar-refractivity contribution in [2.24, 2.45) is 5.73 Å². The van der Waals surface area contributed by atoms with Gasteiger partial charge in [-0.2, -0.15) is 0 Å². The predicted molar refractivity (Wildman–Crippen MR) is 78.5 cm³/mol. The molecule has 0 aromatic heterocycles. The summed E-state index contributed by atoms with van der Waals surface area (Å²) in [5.41, 5.74) is 7.67. The lowest BCUT2D eigenvalue weighted by atomic mass is 9.99. The van der Waals surface area contributed by atoms with Crippen molar-refractivity contribution in [1.29, 1.82) is 0 Å². The Morgan fingerprint density at radius 2 is 1.74 bits per heavy atom. The van der Waals surface area contributed by atoms with Gasteiger partial charge in [0, 0.05) is 21.1 Å². The first-order valence-corrected chi connectivity index (χ1v) is 6.75. The average molecular weight is 319 g/mol. The van der Waals surface area contributed by atoms with E-state index in [4.69, 9.17) is 40.5 Å². The van der Waals surface area contributed by atoms with E-state index < -0.39 is 0 Å². The summed E-state index contributed by atoms with van der Waals surface area (Å²) in [6, 6.07) is 9.09. The van der Waals surface area contributed by atoms with Crippen molar-refractivity contribution in [2.75, 3.05) is 0 Å². The molecule has 0 bridgehead atoms. The zero-order valence-electron chi connectivity index (χ0n) is 9.84. The maximum atomic E-state index is 13.0. The monoisotopic (exact) mass is 317 g/mol. The molecule has 19 heavy (non-hydrogen) atoms. The van der Waals surface area contributed by atoms with E-state index in [1.165, 1.54) is 12.1 Å². The molecular weight excluding hydrogens is 308 g/mol. The van der Waals surface area contributed by atoms with E-state index in [1.54, 1.807) is 24.3 Å². The van der Waals surface area contributed by atoms with Crippen LogP contribution in [0.5, 0.6) is 0 Å². The summed E-state index contributed by atoms with van der Waals surface area (Å²) in [6.07, 6.45) is 0.473. The Kier molecular flexibility index (Phi) is 4.69. The Hall–Kier alpha value is -0.800. The van der Waals surface area contributed by atoms with Gasteiger partial charge in [-0.3, -0.25) is 0 Å². The molecule has 2 N–H and O–H groups in total. The van der Waals surface area contributed by atoms with Crippen molar-refractivity contribution in [3.05, 3.63) is 68.4 Å². The normalized spacial score (nSPS) is 12.5. The third-order valence-corrected chi connectivity index (χ3v) is 3.73. The molecule has 5 heteroatoms. The van der Waals surface area contributed by atoms with Crippen LogP contribution in [0.15, 0.2) is 36.4 Å². The number of benzene rings is 2. The minimum absolute atomic E-state index is 0.326. The van der Waals surface area contributed by atoms with E-state index in [-0.39, 0.29) is 11.9 Å². The highest BCUT2D eigenvalue weighted by Crippen LogP contribution is 2.29. The minimum atomic E-state index is -0.369. The molecule has 1 unspecified atom stereocenters. The first-order valence-electron chi connectivity index (χ1n) is 5.62.